The van der Waals surface area contributed by atoms with Gasteiger partial charge in [0, 0.05) is 46.7 Å². The number of carbonyl (C=O) groups excluding carboxylic acids is 3. The molecule has 14 heteroatoms. The summed E-state index contributed by atoms with van der Waals surface area (Å²) in [6.45, 7) is 1.38. The molecule has 0 aliphatic heterocycles. The largest absolute Gasteiger partial charge is 0.495 e. The second-order valence-electron chi connectivity index (χ2n) is 9.71. The Hall–Kier alpha value is -4.88. The standard InChI is InChI=1S/C30H26ClFN4O7S/c1-17(37)21-6-4-19(31)13-23(21)24-15-28(38)36(16-27(24)43-2)26(12-18-8-10-33-11-9-18)30(40)34-20-5-7-22(25(32)14-20)29(39)35-44(3,41)42/h4-11,13-16,26H,12H2,1-3H3,(H,34,40)(H,35,39)/t26-/m0/s1. The predicted molar refractivity (Wildman–Crippen MR) is 162 cm³/mol. The van der Waals surface area contributed by atoms with Crippen molar-refractivity contribution in [1.82, 2.24) is 14.3 Å². The van der Waals surface area contributed by atoms with E-state index in [2.05, 4.69) is 10.3 Å². The van der Waals surface area contributed by atoms with Gasteiger partial charge in [-0.2, -0.15) is 0 Å². The lowest BCUT2D eigenvalue weighted by Crippen LogP contribution is -2.34. The fourth-order valence-corrected chi connectivity index (χ4v) is 5.10. The number of nitrogens with zero attached hydrogens (tertiary/aromatic N) is 2. The number of methoxy groups -OCH3 is 1. The monoisotopic (exact) mass is 640 g/mol. The zero-order valence-electron chi connectivity index (χ0n) is 23.6. The van der Waals surface area contributed by atoms with Crippen LogP contribution < -0.4 is 20.3 Å². The molecule has 0 aliphatic rings. The van der Waals surface area contributed by atoms with E-state index < -0.39 is 44.8 Å². The van der Waals surface area contributed by atoms with Gasteiger partial charge in [-0.1, -0.05) is 11.6 Å². The number of ether oxygens (including phenoxy) is 1. The Balaban J connectivity index is 1.75. The number of carbonyl (C=O) groups is 3. The number of ketones is 1. The van der Waals surface area contributed by atoms with Gasteiger partial charge in [0.25, 0.3) is 11.5 Å². The number of nitrogens with one attached hydrogen (secondary N) is 2. The first kappa shape index (κ1) is 32.0. The van der Waals surface area contributed by atoms with E-state index in [0.717, 1.165) is 23.0 Å². The third-order valence-corrected chi connectivity index (χ3v) is 7.28. The Kier molecular flexibility index (Phi) is 9.60. The van der Waals surface area contributed by atoms with Gasteiger partial charge in [-0.05, 0) is 66.6 Å². The van der Waals surface area contributed by atoms with Crippen molar-refractivity contribution in [3.8, 4) is 16.9 Å². The average Bonchev–Trinajstić information content (AvgIpc) is 2.95. The fraction of sp³-hybridized carbons (Fsp3) is 0.167. The molecule has 4 aromatic rings. The Morgan fingerprint density at radius 2 is 1.70 bits per heavy atom. The summed E-state index contributed by atoms with van der Waals surface area (Å²) in [6, 6.07) is 11.1. The summed E-state index contributed by atoms with van der Waals surface area (Å²) in [4.78, 5) is 55.6. The minimum atomic E-state index is -3.93. The van der Waals surface area contributed by atoms with Gasteiger partial charge in [-0.3, -0.25) is 28.7 Å². The minimum absolute atomic E-state index is 0.0178. The first-order valence-electron chi connectivity index (χ1n) is 12.9. The fourth-order valence-electron chi connectivity index (χ4n) is 4.48. The maximum absolute atomic E-state index is 14.8. The second-order valence-corrected chi connectivity index (χ2v) is 11.9. The molecule has 4 rings (SSSR count). The number of benzene rings is 2. The number of aromatic nitrogens is 2. The summed E-state index contributed by atoms with van der Waals surface area (Å²) in [7, 11) is -2.57. The van der Waals surface area contributed by atoms with Crippen molar-refractivity contribution in [2.24, 2.45) is 0 Å². The molecule has 0 unspecified atom stereocenters. The maximum Gasteiger partial charge on any atom is 0.267 e. The van der Waals surface area contributed by atoms with Crippen molar-refractivity contribution >= 4 is 44.9 Å². The number of sulfonamides is 1. The molecule has 0 aliphatic carbocycles. The third kappa shape index (κ3) is 7.54. The normalized spacial score (nSPS) is 11.8. The third-order valence-electron chi connectivity index (χ3n) is 6.49. The molecule has 44 heavy (non-hydrogen) atoms. The smallest absolute Gasteiger partial charge is 0.267 e. The Morgan fingerprint density at radius 3 is 2.32 bits per heavy atom. The van der Waals surface area contributed by atoms with Crippen LogP contribution in [-0.2, 0) is 21.2 Å². The van der Waals surface area contributed by atoms with E-state index in [0.29, 0.717) is 21.7 Å². The molecule has 2 amide bonds. The quantitative estimate of drug-likeness (QED) is 0.246. The summed E-state index contributed by atoms with van der Waals surface area (Å²) < 4.78 is 45.9. The van der Waals surface area contributed by atoms with Crippen molar-refractivity contribution < 1.29 is 31.9 Å². The zero-order chi connectivity index (χ0) is 32.2. The Bertz CT molecular complexity index is 1930. The van der Waals surface area contributed by atoms with E-state index in [9.17, 15) is 32.0 Å². The molecule has 228 valence electrons. The molecule has 2 aromatic carbocycles. The van der Waals surface area contributed by atoms with Gasteiger partial charge in [0.2, 0.25) is 15.9 Å². The summed E-state index contributed by atoms with van der Waals surface area (Å²) in [5.74, 6) is -3.05. The first-order valence-corrected chi connectivity index (χ1v) is 15.2. The van der Waals surface area contributed by atoms with Crippen LogP contribution in [0, 0.1) is 5.82 Å². The molecular formula is C30H26ClFN4O7S. The average molecular weight is 641 g/mol. The van der Waals surface area contributed by atoms with Crippen LogP contribution in [0.4, 0.5) is 10.1 Å². The zero-order valence-corrected chi connectivity index (χ0v) is 25.2. The van der Waals surface area contributed by atoms with E-state index in [1.807, 2.05) is 0 Å². The SMILES string of the molecule is COc1cn([C@@H](Cc2ccncc2)C(=O)Nc2ccc(C(=O)NS(C)(=O)=O)c(F)c2)c(=O)cc1-c1cc(Cl)ccc1C(C)=O. The van der Waals surface area contributed by atoms with Crippen LogP contribution in [0.3, 0.4) is 0 Å². The summed E-state index contributed by atoms with van der Waals surface area (Å²) in [5.41, 5.74) is 0.415. The summed E-state index contributed by atoms with van der Waals surface area (Å²) >= 11 is 6.19. The van der Waals surface area contributed by atoms with E-state index >= 15 is 0 Å². The van der Waals surface area contributed by atoms with Crippen LogP contribution in [-0.4, -0.2) is 48.9 Å². The van der Waals surface area contributed by atoms with Crippen molar-refractivity contribution in [2.75, 3.05) is 18.7 Å². The number of pyridine rings is 2. The van der Waals surface area contributed by atoms with Crippen LogP contribution in [0.25, 0.3) is 11.1 Å². The van der Waals surface area contributed by atoms with E-state index in [1.54, 1.807) is 29.0 Å². The van der Waals surface area contributed by atoms with Crippen molar-refractivity contribution in [1.29, 1.82) is 0 Å². The highest BCUT2D eigenvalue weighted by molar-refractivity contribution is 7.89. The van der Waals surface area contributed by atoms with Gasteiger partial charge in [-0.25, -0.2) is 17.5 Å². The number of hydrogen-bond acceptors (Lipinski definition) is 8. The molecule has 2 aromatic heterocycles. The highest BCUT2D eigenvalue weighted by Gasteiger charge is 2.26. The lowest BCUT2D eigenvalue weighted by molar-refractivity contribution is -0.119. The van der Waals surface area contributed by atoms with E-state index in [-0.39, 0.29) is 29.2 Å². The first-order chi connectivity index (χ1) is 20.8. The lowest BCUT2D eigenvalue weighted by atomic mass is 9.97. The van der Waals surface area contributed by atoms with Crippen molar-refractivity contribution in [3.63, 3.8) is 0 Å². The number of amides is 2. The lowest BCUT2D eigenvalue weighted by Gasteiger charge is -2.22. The molecule has 0 bridgehead atoms. The molecule has 11 nitrogen and oxygen atoms in total. The molecule has 0 radical (unpaired) electrons. The molecule has 1 atom stereocenters. The van der Waals surface area contributed by atoms with E-state index in [4.69, 9.17) is 16.3 Å². The minimum Gasteiger partial charge on any atom is -0.495 e. The van der Waals surface area contributed by atoms with Crippen molar-refractivity contribution in [2.45, 2.75) is 19.4 Å². The van der Waals surface area contributed by atoms with Gasteiger partial charge in [0.1, 0.15) is 17.6 Å². The molecule has 0 saturated heterocycles. The van der Waals surface area contributed by atoms with Crippen LogP contribution in [0.5, 0.6) is 5.75 Å². The van der Waals surface area contributed by atoms with Crippen LogP contribution >= 0.6 is 11.6 Å². The second kappa shape index (κ2) is 13.2. The van der Waals surface area contributed by atoms with Crippen LogP contribution in [0.2, 0.25) is 5.02 Å². The molecular weight excluding hydrogens is 615 g/mol. The molecule has 0 saturated carbocycles. The highest BCUT2D eigenvalue weighted by Crippen LogP contribution is 2.34. The highest BCUT2D eigenvalue weighted by atomic mass is 35.5. The summed E-state index contributed by atoms with van der Waals surface area (Å²) in [6.07, 6.45) is 5.15. The van der Waals surface area contributed by atoms with Gasteiger partial charge >= 0.3 is 0 Å². The van der Waals surface area contributed by atoms with Crippen molar-refractivity contribution in [3.05, 3.63) is 111 Å². The number of Topliss-reactive ketones (excluding diaryl/α,β-unsaturated/α-hetero) is 1. The number of rotatable bonds is 10. The Morgan fingerprint density at radius 1 is 1.02 bits per heavy atom. The van der Waals surface area contributed by atoms with E-state index in [1.165, 1.54) is 50.8 Å². The maximum atomic E-state index is 14.8. The summed E-state index contributed by atoms with van der Waals surface area (Å²) in [5, 5.41) is 2.88. The molecule has 2 N–H and O–H groups in total. The van der Waals surface area contributed by atoms with Gasteiger partial charge in [0.05, 0.1) is 25.1 Å². The van der Waals surface area contributed by atoms with Gasteiger partial charge in [-0.15, -0.1) is 0 Å². The van der Waals surface area contributed by atoms with Crippen LogP contribution in [0.1, 0.15) is 39.2 Å². The number of hydrogen-bond donors (Lipinski definition) is 2. The van der Waals surface area contributed by atoms with Gasteiger partial charge < -0.3 is 10.1 Å². The predicted octanol–water partition coefficient (Wildman–Crippen LogP) is 4.03. The Labute approximate surface area is 256 Å². The molecule has 0 spiro atoms. The topological polar surface area (TPSA) is 154 Å². The van der Waals surface area contributed by atoms with Gasteiger partial charge in [0.15, 0.2) is 5.78 Å². The number of halogens is 2. The molecule has 0 fully saturated rings. The van der Waals surface area contributed by atoms with Crippen LogP contribution in [0.15, 0.2) is 78.0 Å². The number of anilines is 1. The molecule has 2 heterocycles.